The quantitative estimate of drug-likeness (QED) is 0.798. The van der Waals surface area contributed by atoms with Crippen molar-refractivity contribution in [2.75, 3.05) is 0 Å². The number of halogens is 1. The maximum atomic E-state index is 6.35. The summed E-state index contributed by atoms with van der Waals surface area (Å²) in [6.07, 6.45) is 3.51. The molecule has 4 heteroatoms. The summed E-state index contributed by atoms with van der Waals surface area (Å²) in [5, 5.41) is 0.673. The van der Waals surface area contributed by atoms with Crippen molar-refractivity contribution in [3.8, 4) is 5.69 Å². The number of hydrogen-bond acceptors (Lipinski definition) is 2. The van der Waals surface area contributed by atoms with E-state index in [0.29, 0.717) is 5.02 Å². The van der Waals surface area contributed by atoms with E-state index in [1.165, 1.54) is 0 Å². The molecule has 0 saturated carbocycles. The largest absolute Gasteiger partial charge is 0.319 e. The van der Waals surface area contributed by atoms with Gasteiger partial charge in [-0.3, -0.25) is 4.57 Å². The van der Waals surface area contributed by atoms with Crippen LogP contribution in [0.25, 0.3) is 5.69 Å². The first-order valence-electron chi connectivity index (χ1n) is 6.35. The van der Waals surface area contributed by atoms with E-state index in [-0.39, 0.29) is 6.04 Å². The van der Waals surface area contributed by atoms with Crippen LogP contribution in [-0.4, -0.2) is 9.55 Å². The summed E-state index contributed by atoms with van der Waals surface area (Å²) in [6.45, 7) is 0. The first kappa shape index (κ1) is 12.9. The van der Waals surface area contributed by atoms with Gasteiger partial charge in [0.05, 0.1) is 35.0 Å². The standard InChI is InChI=1S/C16H14ClN3/c17-13-8-4-5-9-14(13)20-11-19-10-15(20)16(18)12-6-2-1-3-7-12/h1-11,16H,18H2. The third kappa shape index (κ3) is 2.33. The number of nitrogens with two attached hydrogens (primary N) is 1. The molecule has 1 aromatic heterocycles. The van der Waals surface area contributed by atoms with Crippen LogP contribution in [0.5, 0.6) is 0 Å². The van der Waals surface area contributed by atoms with Gasteiger partial charge in [0.15, 0.2) is 0 Å². The van der Waals surface area contributed by atoms with E-state index in [0.717, 1.165) is 16.9 Å². The maximum absolute atomic E-state index is 6.35. The fourth-order valence-corrected chi connectivity index (χ4v) is 2.44. The number of imidazole rings is 1. The van der Waals surface area contributed by atoms with Gasteiger partial charge in [-0.15, -0.1) is 0 Å². The van der Waals surface area contributed by atoms with Crippen LogP contribution in [0.1, 0.15) is 17.3 Å². The lowest BCUT2D eigenvalue weighted by Gasteiger charge is -2.16. The Hall–Kier alpha value is -2.10. The van der Waals surface area contributed by atoms with Crippen molar-refractivity contribution < 1.29 is 0 Å². The molecule has 0 aliphatic heterocycles. The van der Waals surface area contributed by atoms with Gasteiger partial charge in [-0.2, -0.15) is 0 Å². The van der Waals surface area contributed by atoms with E-state index in [4.69, 9.17) is 17.3 Å². The highest BCUT2D eigenvalue weighted by molar-refractivity contribution is 6.32. The van der Waals surface area contributed by atoms with Crippen molar-refractivity contribution in [3.05, 3.63) is 83.4 Å². The molecule has 3 rings (SSSR count). The number of aromatic nitrogens is 2. The van der Waals surface area contributed by atoms with Crippen LogP contribution in [0.2, 0.25) is 5.02 Å². The van der Waals surface area contributed by atoms with Crippen molar-refractivity contribution >= 4 is 11.6 Å². The van der Waals surface area contributed by atoms with Gasteiger partial charge in [-0.25, -0.2) is 4.98 Å². The van der Waals surface area contributed by atoms with Crippen LogP contribution in [0.4, 0.5) is 0 Å². The van der Waals surface area contributed by atoms with E-state index >= 15 is 0 Å². The molecule has 1 atom stereocenters. The highest BCUT2D eigenvalue weighted by Crippen LogP contribution is 2.26. The van der Waals surface area contributed by atoms with Gasteiger partial charge >= 0.3 is 0 Å². The number of hydrogen-bond donors (Lipinski definition) is 1. The molecule has 0 aliphatic carbocycles. The summed E-state index contributed by atoms with van der Waals surface area (Å²) >= 11 is 6.25. The Balaban J connectivity index is 2.05. The molecule has 3 nitrogen and oxygen atoms in total. The summed E-state index contributed by atoms with van der Waals surface area (Å²) < 4.78 is 1.93. The predicted octanol–water partition coefficient (Wildman–Crippen LogP) is 3.57. The van der Waals surface area contributed by atoms with E-state index in [9.17, 15) is 0 Å². The number of para-hydroxylation sites is 1. The lowest BCUT2D eigenvalue weighted by atomic mass is 10.1. The topological polar surface area (TPSA) is 43.8 Å². The van der Waals surface area contributed by atoms with Crippen LogP contribution in [-0.2, 0) is 0 Å². The van der Waals surface area contributed by atoms with E-state index in [1.54, 1.807) is 12.5 Å². The molecule has 0 amide bonds. The highest BCUT2D eigenvalue weighted by atomic mass is 35.5. The third-order valence-electron chi connectivity index (χ3n) is 3.26. The molecule has 0 fully saturated rings. The molecule has 2 aromatic carbocycles. The molecule has 1 unspecified atom stereocenters. The molecular weight excluding hydrogens is 270 g/mol. The van der Waals surface area contributed by atoms with E-state index < -0.39 is 0 Å². The van der Waals surface area contributed by atoms with Crippen molar-refractivity contribution in [2.24, 2.45) is 5.73 Å². The molecule has 0 spiro atoms. The zero-order valence-electron chi connectivity index (χ0n) is 10.8. The first-order chi connectivity index (χ1) is 9.77. The minimum atomic E-state index is -0.241. The molecule has 0 saturated heterocycles. The molecule has 20 heavy (non-hydrogen) atoms. The Bertz CT molecular complexity index is 707. The zero-order valence-corrected chi connectivity index (χ0v) is 11.5. The average molecular weight is 284 g/mol. The van der Waals surface area contributed by atoms with E-state index in [1.807, 2.05) is 59.2 Å². The van der Waals surface area contributed by atoms with Gasteiger partial charge in [0.2, 0.25) is 0 Å². The monoisotopic (exact) mass is 283 g/mol. The van der Waals surface area contributed by atoms with Crippen LogP contribution < -0.4 is 5.73 Å². The number of benzene rings is 2. The Kier molecular flexibility index (Phi) is 3.54. The van der Waals surface area contributed by atoms with Gasteiger partial charge in [0, 0.05) is 0 Å². The lowest BCUT2D eigenvalue weighted by molar-refractivity contribution is 0.793. The van der Waals surface area contributed by atoms with Crippen LogP contribution >= 0.6 is 11.6 Å². The molecule has 2 N–H and O–H groups in total. The molecule has 0 bridgehead atoms. The highest BCUT2D eigenvalue weighted by Gasteiger charge is 2.15. The Labute approximate surface area is 122 Å². The second kappa shape index (κ2) is 5.49. The molecule has 0 radical (unpaired) electrons. The van der Waals surface area contributed by atoms with Crippen LogP contribution in [0.15, 0.2) is 67.1 Å². The van der Waals surface area contributed by atoms with Gasteiger partial charge in [0.1, 0.15) is 0 Å². The fraction of sp³-hybridized carbons (Fsp3) is 0.0625. The average Bonchev–Trinajstić information content (AvgIpc) is 2.97. The summed E-state index contributed by atoms with van der Waals surface area (Å²) in [5.41, 5.74) is 9.18. The first-order valence-corrected chi connectivity index (χ1v) is 6.73. The second-order valence-corrected chi connectivity index (χ2v) is 4.94. The summed E-state index contributed by atoms with van der Waals surface area (Å²) in [5.74, 6) is 0. The molecule has 100 valence electrons. The summed E-state index contributed by atoms with van der Waals surface area (Å²) in [4.78, 5) is 4.21. The smallest absolute Gasteiger partial charge is 0.0995 e. The summed E-state index contributed by atoms with van der Waals surface area (Å²) in [7, 11) is 0. The Morgan fingerprint density at radius 2 is 1.70 bits per heavy atom. The summed E-state index contributed by atoms with van der Waals surface area (Å²) in [6, 6.07) is 17.4. The SMILES string of the molecule is NC(c1ccccc1)c1cncn1-c1ccccc1Cl. The van der Waals surface area contributed by atoms with Crippen molar-refractivity contribution in [1.29, 1.82) is 0 Å². The normalized spacial score (nSPS) is 12.3. The lowest BCUT2D eigenvalue weighted by Crippen LogP contribution is -2.15. The van der Waals surface area contributed by atoms with Gasteiger partial charge in [0.25, 0.3) is 0 Å². The van der Waals surface area contributed by atoms with E-state index in [2.05, 4.69) is 4.98 Å². The minimum Gasteiger partial charge on any atom is -0.319 e. The molecule has 1 heterocycles. The van der Waals surface area contributed by atoms with Gasteiger partial charge in [-0.1, -0.05) is 54.1 Å². The predicted molar refractivity (Wildman–Crippen MR) is 81.0 cm³/mol. The van der Waals surface area contributed by atoms with Crippen molar-refractivity contribution in [1.82, 2.24) is 9.55 Å². The maximum Gasteiger partial charge on any atom is 0.0995 e. The van der Waals surface area contributed by atoms with Gasteiger partial charge < -0.3 is 5.73 Å². The molecular formula is C16H14ClN3. The number of rotatable bonds is 3. The molecule has 3 aromatic rings. The molecule has 0 aliphatic rings. The number of nitrogens with zero attached hydrogens (tertiary/aromatic N) is 2. The zero-order chi connectivity index (χ0) is 13.9. The Morgan fingerprint density at radius 1 is 1.00 bits per heavy atom. The van der Waals surface area contributed by atoms with Crippen LogP contribution in [0, 0.1) is 0 Å². The fourth-order valence-electron chi connectivity index (χ4n) is 2.21. The van der Waals surface area contributed by atoms with Crippen molar-refractivity contribution in [2.45, 2.75) is 6.04 Å². The van der Waals surface area contributed by atoms with Crippen molar-refractivity contribution in [3.63, 3.8) is 0 Å². The Morgan fingerprint density at radius 3 is 2.45 bits per heavy atom. The minimum absolute atomic E-state index is 0.241. The van der Waals surface area contributed by atoms with Gasteiger partial charge in [-0.05, 0) is 17.7 Å². The van der Waals surface area contributed by atoms with Crippen LogP contribution in [0.3, 0.4) is 0 Å². The third-order valence-corrected chi connectivity index (χ3v) is 3.58. The second-order valence-electron chi connectivity index (χ2n) is 4.53.